The molecule has 0 atom stereocenters. The fraction of sp³-hybridized carbons (Fsp3) is 0. The van der Waals surface area contributed by atoms with Crippen LogP contribution in [0.4, 0.5) is 5.69 Å². The molecule has 0 aliphatic heterocycles. The Hall–Kier alpha value is -0.660. The van der Waals surface area contributed by atoms with Crippen molar-refractivity contribution in [3.05, 3.63) is 34.3 Å². The van der Waals surface area contributed by atoms with Crippen molar-refractivity contribution >= 4 is 35.0 Å². The van der Waals surface area contributed by atoms with Crippen LogP contribution in [0, 0.1) is 0 Å². The number of rotatable bonds is 1. The van der Waals surface area contributed by atoms with E-state index in [0.29, 0.717) is 0 Å². The van der Waals surface area contributed by atoms with E-state index < -0.39 is 0 Å². The summed E-state index contributed by atoms with van der Waals surface area (Å²) in [7, 11) is 0. The van der Waals surface area contributed by atoms with Crippen molar-refractivity contribution in [2.75, 3.05) is 5.73 Å². The normalized spacial score (nSPS) is 9.27. The highest BCUT2D eigenvalue weighted by atomic mass is 35.5. The van der Waals surface area contributed by atoms with Gasteiger partial charge in [-0.05, 0) is 23.8 Å². The van der Waals surface area contributed by atoms with Crippen molar-refractivity contribution in [3.63, 3.8) is 0 Å². The minimum Gasteiger partial charge on any atom is -0.399 e. The molecule has 1 aromatic carbocycles. The third-order valence-electron chi connectivity index (χ3n) is 1.21. The molecule has 0 fully saturated rings. The van der Waals surface area contributed by atoms with Gasteiger partial charge in [0.1, 0.15) is 4.49 Å². The van der Waals surface area contributed by atoms with Gasteiger partial charge in [0.05, 0.1) is 0 Å². The molecule has 0 radical (unpaired) electrons. The predicted molar refractivity (Wildman–Crippen MR) is 50.5 cm³/mol. The van der Waals surface area contributed by atoms with Gasteiger partial charge in [-0.2, -0.15) is 0 Å². The van der Waals surface area contributed by atoms with Gasteiger partial charge >= 0.3 is 0 Å². The Morgan fingerprint density at radius 2 is 1.73 bits per heavy atom. The Kier molecular flexibility index (Phi) is 2.80. The highest BCUT2D eigenvalue weighted by Crippen LogP contribution is 2.14. The first-order chi connectivity index (χ1) is 5.18. The smallest absolute Gasteiger partial charge is 0.107 e. The summed E-state index contributed by atoms with van der Waals surface area (Å²) in [6.45, 7) is 0. The van der Waals surface area contributed by atoms with Gasteiger partial charge < -0.3 is 5.73 Å². The van der Waals surface area contributed by atoms with Crippen LogP contribution in [-0.4, -0.2) is 0 Å². The van der Waals surface area contributed by atoms with E-state index in [2.05, 4.69) is 0 Å². The van der Waals surface area contributed by atoms with Gasteiger partial charge in [-0.3, -0.25) is 0 Å². The zero-order valence-electron chi connectivity index (χ0n) is 5.72. The van der Waals surface area contributed by atoms with E-state index in [0.717, 1.165) is 11.3 Å². The Labute approximate surface area is 75.4 Å². The van der Waals surface area contributed by atoms with E-state index in [1.807, 2.05) is 12.1 Å². The summed E-state index contributed by atoms with van der Waals surface area (Å²) < 4.78 is 0.245. The van der Waals surface area contributed by atoms with Crippen LogP contribution in [-0.2, 0) is 0 Å². The molecule has 0 aliphatic rings. The van der Waals surface area contributed by atoms with Gasteiger partial charge in [0.15, 0.2) is 0 Å². The number of benzene rings is 1. The second-order valence-electron chi connectivity index (χ2n) is 2.10. The number of hydrogen-bond acceptors (Lipinski definition) is 1. The molecule has 1 rings (SSSR count). The Morgan fingerprint density at radius 3 is 2.18 bits per heavy atom. The summed E-state index contributed by atoms with van der Waals surface area (Å²) >= 11 is 10.9. The van der Waals surface area contributed by atoms with E-state index in [4.69, 9.17) is 28.9 Å². The lowest BCUT2D eigenvalue weighted by molar-refractivity contribution is 1.65. The monoisotopic (exact) mass is 187 g/mol. The maximum atomic E-state index is 5.47. The Balaban J connectivity index is 2.91. The Bertz CT molecular complexity index is 260. The van der Waals surface area contributed by atoms with Gasteiger partial charge in [-0.25, -0.2) is 0 Å². The van der Waals surface area contributed by atoms with Crippen LogP contribution in [0.5, 0.6) is 0 Å². The maximum absolute atomic E-state index is 5.47. The molecule has 0 amide bonds. The van der Waals surface area contributed by atoms with Crippen LogP contribution in [0.1, 0.15) is 5.56 Å². The first-order valence-corrected chi connectivity index (χ1v) is 3.82. The molecule has 1 aromatic rings. The van der Waals surface area contributed by atoms with Crippen molar-refractivity contribution in [2.24, 2.45) is 0 Å². The summed E-state index contributed by atoms with van der Waals surface area (Å²) in [4.78, 5) is 0. The molecule has 0 bridgehead atoms. The minimum atomic E-state index is 0.245. The van der Waals surface area contributed by atoms with Gasteiger partial charge in [-0.15, -0.1) is 0 Å². The van der Waals surface area contributed by atoms with Crippen molar-refractivity contribution < 1.29 is 0 Å². The van der Waals surface area contributed by atoms with Gasteiger partial charge in [0, 0.05) is 5.69 Å². The average molecular weight is 188 g/mol. The SMILES string of the molecule is Nc1ccc(C=C(Cl)Cl)cc1. The number of nitrogens with two attached hydrogens (primary N) is 1. The fourth-order valence-corrected chi connectivity index (χ4v) is 0.970. The molecule has 11 heavy (non-hydrogen) atoms. The molecular weight excluding hydrogens is 181 g/mol. The van der Waals surface area contributed by atoms with Crippen LogP contribution in [0.3, 0.4) is 0 Å². The van der Waals surface area contributed by atoms with E-state index in [-0.39, 0.29) is 4.49 Å². The van der Waals surface area contributed by atoms with Crippen molar-refractivity contribution in [1.82, 2.24) is 0 Å². The summed E-state index contributed by atoms with van der Waals surface area (Å²) in [5, 5.41) is 0. The van der Waals surface area contributed by atoms with Crippen molar-refractivity contribution in [2.45, 2.75) is 0 Å². The highest BCUT2D eigenvalue weighted by molar-refractivity contribution is 6.57. The standard InChI is InChI=1S/C8H7Cl2N/c9-8(10)5-6-1-3-7(11)4-2-6/h1-5H,11H2. The number of halogens is 2. The second kappa shape index (κ2) is 3.65. The highest BCUT2D eigenvalue weighted by Gasteiger charge is 1.88. The lowest BCUT2D eigenvalue weighted by atomic mass is 10.2. The predicted octanol–water partition coefficient (Wildman–Crippen LogP) is 3.04. The van der Waals surface area contributed by atoms with E-state index in [1.165, 1.54) is 0 Å². The van der Waals surface area contributed by atoms with Gasteiger partial charge in [0.2, 0.25) is 0 Å². The average Bonchev–Trinajstić information content (AvgIpc) is 1.93. The molecule has 1 nitrogen and oxygen atoms in total. The van der Waals surface area contributed by atoms with Crippen LogP contribution in [0.15, 0.2) is 28.8 Å². The fourth-order valence-electron chi connectivity index (χ4n) is 0.718. The summed E-state index contributed by atoms with van der Waals surface area (Å²) in [5.74, 6) is 0. The zero-order valence-corrected chi connectivity index (χ0v) is 7.23. The molecule has 2 N–H and O–H groups in total. The number of anilines is 1. The molecule has 0 heterocycles. The van der Waals surface area contributed by atoms with E-state index in [1.54, 1.807) is 18.2 Å². The Morgan fingerprint density at radius 1 is 1.18 bits per heavy atom. The van der Waals surface area contributed by atoms with Crippen LogP contribution < -0.4 is 5.73 Å². The largest absolute Gasteiger partial charge is 0.399 e. The molecular formula is C8H7Cl2N. The molecule has 58 valence electrons. The molecule has 0 saturated heterocycles. The maximum Gasteiger partial charge on any atom is 0.107 e. The summed E-state index contributed by atoms with van der Waals surface area (Å²) in [6.07, 6.45) is 1.66. The lowest BCUT2D eigenvalue weighted by Crippen LogP contribution is -1.82. The van der Waals surface area contributed by atoms with E-state index >= 15 is 0 Å². The van der Waals surface area contributed by atoms with Crippen molar-refractivity contribution in [1.29, 1.82) is 0 Å². The molecule has 0 unspecified atom stereocenters. The van der Waals surface area contributed by atoms with Crippen LogP contribution in [0.25, 0.3) is 6.08 Å². The first-order valence-electron chi connectivity index (χ1n) is 3.07. The van der Waals surface area contributed by atoms with Gasteiger partial charge in [0.25, 0.3) is 0 Å². The molecule has 0 spiro atoms. The number of nitrogen functional groups attached to an aromatic ring is 1. The van der Waals surface area contributed by atoms with E-state index in [9.17, 15) is 0 Å². The number of hydrogen-bond donors (Lipinski definition) is 1. The first kappa shape index (κ1) is 8.44. The van der Waals surface area contributed by atoms with Crippen LogP contribution >= 0.6 is 23.2 Å². The quantitative estimate of drug-likeness (QED) is 0.673. The molecule has 0 saturated carbocycles. The third-order valence-corrected chi connectivity index (χ3v) is 1.43. The lowest BCUT2D eigenvalue weighted by Gasteiger charge is -1.93. The van der Waals surface area contributed by atoms with Crippen molar-refractivity contribution in [3.8, 4) is 0 Å². The zero-order chi connectivity index (χ0) is 8.27. The van der Waals surface area contributed by atoms with Gasteiger partial charge in [-0.1, -0.05) is 35.3 Å². The summed E-state index contributed by atoms with van der Waals surface area (Å²) in [5.41, 5.74) is 7.14. The molecule has 0 aliphatic carbocycles. The molecule has 0 aromatic heterocycles. The van der Waals surface area contributed by atoms with Crippen LogP contribution in [0.2, 0.25) is 0 Å². The second-order valence-corrected chi connectivity index (χ2v) is 3.11. The minimum absolute atomic E-state index is 0.245. The topological polar surface area (TPSA) is 26.0 Å². The molecule has 3 heteroatoms. The summed E-state index contributed by atoms with van der Waals surface area (Å²) in [6, 6.07) is 7.28. The third kappa shape index (κ3) is 2.83.